The number of piperidine rings is 1. The molecule has 0 aliphatic carbocycles. The van der Waals surface area contributed by atoms with Crippen molar-refractivity contribution < 1.29 is 9.18 Å². The minimum absolute atomic E-state index is 0.0876. The first-order valence-corrected chi connectivity index (χ1v) is 10.3. The van der Waals surface area contributed by atoms with Gasteiger partial charge in [0.15, 0.2) is 0 Å². The van der Waals surface area contributed by atoms with Crippen LogP contribution in [0.1, 0.15) is 32.5 Å². The Morgan fingerprint density at radius 1 is 1.14 bits per heavy atom. The van der Waals surface area contributed by atoms with Gasteiger partial charge < -0.3 is 5.32 Å². The summed E-state index contributed by atoms with van der Waals surface area (Å²) in [5.74, 6) is 0.937. The zero-order chi connectivity index (χ0) is 20.4. The van der Waals surface area contributed by atoms with Gasteiger partial charge in [0.05, 0.1) is 17.6 Å². The second-order valence-corrected chi connectivity index (χ2v) is 8.04. The number of para-hydroxylation sites is 2. The maximum absolute atomic E-state index is 13.4. The molecule has 1 amide bonds. The number of carbonyl (C=O) groups excluding carboxylic acids is 1. The summed E-state index contributed by atoms with van der Waals surface area (Å²) in [5.41, 5.74) is 2.85. The Morgan fingerprint density at radius 3 is 2.52 bits per heavy atom. The van der Waals surface area contributed by atoms with E-state index in [1.54, 1.807) is 12.1 Å². The lowest BCUT2D eigenvalue weighted by Crippen LogP contribution is -2.42. The molecule has 4 rings (SSSR count). The molecule has 0 atom stereocenters. The van der Waals surface area contributed by atoms with Crippen molar-refractivity contribution in [1.82, 2.24) is 19.8 Å². The summed E-state index contributed by atoms with van der Waals surface area (Å²) in [4.78, 5) is 19.5. The molecule has 2 heterocycles. The number of fused-ring (bicyclic) bond motifs is 1. The summed E-state index contributed by atoms with van der Waals surface area (Å²) in [6, 6.07) is 14.7. The monoisotopic (exact) mass is 394 g/mol. The number of nitrogens with one attached hydrogen (secondary N) is 1. The van der Waals surface area contributed by atoms with E-state index in [4.69, 9.17) is 4.98 Å². The Labute approximate surface area is 170 Å². The molecule has 1 N–H and O–H groups in total. The highest BCUT2D eigenvalue weighted by Crippen LogP contribution is 2.25. The molecule has 152 valence electrons. The fourth-order valence-electron chi connectivity index (χ4n) is 4.02. The maximum atomic E-state index is 13.4. The highest BCUT2D eigenvalue weighted by molar-refractivity contribution is 5.79. The molecule has 3 aromatic rings. The molecular weight excluding hydrogens is 367 g/mol. The average Bonchev–Trinajstić information content (AvgIpc) is 3.06. The number of likely N-dealkylation sites (tertiary alicyclic amines) is 1. The first kappa shape index (κ1) is 19.6. The van der Waals surface area contributed by atoms with Crippen LogP contribution in [0.25, 0.3) is 16.7 Å². The topological polar surface area (TPSA) is 50.2 Å². The van der Waals surface area contributed by atoms with E-state index in [1.165, 1.54) is 12.1 Å². The minimum atomic E-state index is -0.249. The zero-order valence-electron chi connectivity index (χ0n) is 16.9. The molecule has 0 bridgehead atoms. The third-order valence-corrected chi connectivity index (χ3v) is 5.47. The Morgan fingerprint density at radius 2 is 1.83 bits per heavy atom. The van der Waals surface area contributed by atoms with Crippen molar-refractivity contribution in [2.24, 2.45) is 5.92 Å². The molecule has 0 radical (unpaired) electrons. The van der Waals surface area contributed by atoms with Crippen LogP contribution in [0.15, 0.2) is 48.5 Å². The number of rotatable bonds is 5. The third-order valence-electron chi connectivity index (χ3n) is 5.47. The molecule has 1 saturated heterocycles. The van der Waals surface area contributed by atoms with E-state index in [2.05, 4.69) is 14.8 Å². The third kappa shape index (κ3) is 4.32. The highest BCUT2D eigenvalue weighted by Gasteiger charge is 2.26. The second-order valence-electron chi connectivity index (χ2n) is 8.04. The van der Waals surface area contributed by atoms with Crippen LogP contribution < -0.4 is 5.32 Å². The Balaban J connectivity index is 1.54. The van der Waals surface area contributed by atoms with E-state index in [1.807, 2.05) is 38.1 Å². The molecule has 1 aromatic heterocycles. The predicted octanol–water partition coefficient (Wildman–Crippen LogP) is 3.90. The van der Waals surface area contributed by atoms with Crippen molar-refractivity contribution in [2.75, 3.05) is 13.1 Å². The quantitative estimate of drug-likeness (QED) is 0.714. The zero-order valence-corrected chi connectivity index (χ0v) is 16.9. The standard InChI is InChI=1S/C23H27FN4O/c1-16(2)25-23(29)17-11-13-27(14-12-17)15-22-26-20-5-3-4-6-21(20)28(22)19-9-7-18(24)8-10-19/h3-10,16-17H,11-15H2,1-2H3,(H,25,29). The van der Waals surface area contributed by atoms with Gasteiger partial charge in [-0.2, -0.15) is 0 Å². The van der Waals surface area contributed by atoms with E-state index in [-0.39, 0.29) is 23.7 Å². The lowest BCUT2D eigenvalue weighted by atomic mass is 9.95. The van der Waals surface area contributed by atoms with Crippen LogP contribution in [0.2, 0.25) is 0 Å². The molecule has 1 fully saturated rings. The predicted molar refractivity (Wildman–Crippen MR) is 112 cm³/mol. The fourth-order valence-corrected chi connectivity index (χ4v) is 4.02. The number of aromatic nitrogens is 2. The van der Waals surface area contributed by atoms with Gasteiger partial charge in [0.1, 0.15) is 11.6 Å². The van der Waals surface area contributed by atoms with Gasteiger partial charge in [0.25, 0.3) is 0 Å². The van der Waals surface area contributed by atoms with Gasteiger partial charge >= 0.3 is 0 Å². The number of nitrogens with zero attached hydrogens (tertiary/aromatic N) is 3. The van der Waals surface area contributed by atoms with Gasteiger partial charge in [-0.05, 0) is 76.2 Å². The number of carbonyl (C=O) groups is 1. The summed E-state index contributed by atoms with van der Waals surface area (Å²) in [5, 5.41) is 3.03. The van der Waals surface area contributed by atoms with E-state index >= 15 is 0 Å². The van der Waals surface area contributed by atoms with Crippen LogP contribution in [-0.2, 0) is 11.3 Å². The van der Waals surface area contributed by atoms with Crippen LogP contribution in [0.3, 0.4) is 0 Å². The summed E-state index contributed by atoms with van der Waals surface area (Å²) in [6.45, 7) is 6.41. The van der Waals surface area contributed by atoms with Crippen molar-refractivity contribution in [1.29, 1.82) is 0 Å². The van der Waals surface area contributed by atoms with Gasteiger partial charge in [-0.15, -0.1) is 0 Å². The lowest BCUT2D eigenvalue weighted by molar-refractivity contribution is -0.127. The summed E-state index contributed by atoms with van der Waals surface area (Å²) >= 11 is 0. The molecule has 1 aliphatic rings. The summed E-state index contributed by atoms with van der Waals surface area (Å²) < 4.78 is 15.5. The van der Waals surface area contributed by atoms with Crippen LogP contribution in [-0.4, -0.2) is 39.5 Å². The van der Waals surface area contributed by atoms with E-state index < -0.39 is 0 Å². The van der Waals surface area contributed by atoms with Gasteiger partial charge in [-0.3, -0.25) is 14.3 Å². The molecule has 0 spiro atoms. The minimum Gasteiger partial charge on any atom is -0.354 e. The van der Waals surface area contributed by atoms with Crippen LogP contribution >= 0.6 is 0 Å². The number of hydrogen-bond donors (Lipinski definition) is 1. The van der Waals surface area contributed by atoms with Crippen molar-refractivity contribution in [3.05, 3.63) is 60.2 Å². The molecule has 2 aromatic carbocycles. The fraction of sp³-hybridized carbons (Fsp3) is 0.391. The van der Waals surface area contributed by atoms with Gasteiger partial charge in [0.2, 0.25) is 5.91 Å². The van der Waals surface area contributed by atoms with Crippen molar-refractivity contribution >= 4 is 16.9 Å². The largest absolute Gasteiger partial charge is 0.354 e. The summed E-state index contributed by atoms with van der Waals surface area (Å²) in [7, 11) is 0. The molecule has 0 unspecified atom stereocenters. The van der Waals surface area contributed by atoms with Crippen LogP contribution in [0, 0.1) is 11.7 Å². The Hall–Kier alpha value is -2.73. The maximum Gasteiger partial charge on any atom is 0.223 e. The number of benzene rings is 2. The smallest absolute Gasteiger partial charge is 0.223 e. The van der Waals surface area contributed by atoms with Crippen molar-refractivity contribution in [2.45, 2.75) is 39.3 Å². The van der Waals surface area contributed by atoms with Gasteiger partial charge in [-0.1, -0.05) is 12.1 Å². The Kier molecular flexibility index (Phi) is 5.62. The first-order chi connectivity index (χ1) is 14.0. The molecule has 6 heteroatoms. The Bertz CT molecular complexity index is 988. The highest BCUT2D eigenvalue weighted by atomic mass is 19.1. The van der Waals surface area contributed by atoms with Crippen LogP contribution in [0.5, 0.6) is 0 Å². The molecule has 1 aliphatic heterocycles. The second kappa shape index (κ2) is 8.33. The molecule has 29 heavy (non-hydrogen) atoms. The molecule has 5 nitrogen and oxygen atoms in total. The van der Waals surface area contributed by atoms with E-state index in [9.17, 15) is 9.18 Å². The van der Waals surface area contributed by atoms with E-state index in [0.717, 1.165) is 48.5 Å². The van der Waals surface area contributed by atoms with Crippen molar-refractivity contribution in [3.8, 4) is 5.69 Å². The molecule has 0 saturated carbocycles. The number of imidazole rings is 1. The van der Waals surface area contributed by atoms with Gasteiger partial charge in [-0.25, -0.2) is 9.37 Å². The summed E-state index contributed by atoms with van der Waals surface area (Å²) in [6.07, 6.45) is 1.71. The average molecular weight is 394 g/mol. The number of amides is 1. The normalized spacial score (nSPS) is 15.9. The van der Waals surface area contributed by atoms with Crippen LogP contribution in [0.4, 0.5) is 4.39 Å². The van der Waals surface area contributed by atoms with Gasteiger partial charge in [0, 0.05) is 17.6 Å². The van der Waals surface area contributed by atoms with E-state index in [0.29, 0.717) is 6.54 Å². The van der Waals surface area contributed by atoms with Crippen molar-refractivity contribution in [3.63, 3.8) is 0 Å². The SMILES string of the molecule is CC(C)NC(=O)C1CCN(Cc2nc3ccccc3n2-c2ccc(F)cc2)CC1. The number of hydrogen-bond acceptors (Lipinski definition) is 3. The lowest BCUT2D eigenvalue weighted by Gasteiger charge is -2.31. The molecular formula is C23H27FN4O. The number of halogens is 1. The first-order valence-electron chi connectivity index (χ1n) is 10.3.